The third-order valence-corrected chi connectivity index (χ3v) is 10.5. The topological polar surface area (TPSA) is 101 Å². The lowest BCUT2D eigenvalue weighted by Crippen LogP contribution is -2.49. The average Bonchev–Trinajstić information content (AvgIpc) is 3.60. The number of fused-ring (bicyclic) bond motifs is 5. The van der Waals surface area contributed by atoms with Gasteiger partial charge in [0.1, 0.15) is 41.4 Å². The molecular formula is C34H33F3N6O2. The highest BCUT2D eigenvalue weighted by molar-refractivity contribution is 6.03. The summed E-state index contributed by atoms with van der Waals surface area (Å²) < 4.78 is 52.3. The molecule has 8 rings (SSSR count). The highest BCUT2D eigenvalue weighted by Gasteiger charge is 2.49. The minimum atomic E-state index is -0.920. The molecule has 3 aliphatic heterocycles. The van der Waals surface area contributed by atoms with E-state index < -0.39 is 23.3 Å². The summed E-state index contributed by atoms with van der Waals surface area (Å²) in [5.41, 5.74) is 5.98. The molecule has 8 nitrogen and oxygen atoms in total. The second-order valence-electron chi connectivity index (χ2n) is 13.1. The molecule has 5 atom stereocenters. The van der Waals surface area contributed by atoms with Gasteiger partial charge in [-0.05, 0) is 67.6 Å². The number of piperidine rings is 1. The molecular weight excluding hydrogens is 581 g/mol. The van der Waals surface area contributed by atoms with E-state index in [0.29, 0.717) is 42.6 Å². The lowest BCUT2D eigenvalue weighted by molar-refractivity contribution is 0.107. The van der Waals surface area contributed by atoms with Gasteiger partial charge in [-0.25, -0.2) is 13.2 Å². The lowest BCUT2D eigenvalue weighted by Gasteiger charge is -2.37. The van der Waals surface area contributed by atoms with E-state index in [1.165, 1.54) is 30.5 Å². The van der Waals surface area contributed by atoms with E-state index in [2.05, 4.69) is 25.7 Å². The number of ether oxygens (including phenoxy) is 1. The average molecular weight is 615 g/mol. The van der Waals surface area contributed by atoms with Gasteiger partial charge in [0.15, 0.2) is 5.82 Å². The third kappa shape index (κ3) is 4.49. The normalized spacial score (nSPS) is 27.8. The Kier molecular flexibility index (Phi) is 6.59. The minimum absolute atomic E-state index is 0.00423. The Hall–Kier alpha value is -4.14. The van der Waals surface area contributed by atoms with Crippen molar-refractivity contribution in [3.05, 3.63) is 47.7 Å². The van der Waals surface area contributed by atoms with Crippen molar-refractivity contribution in [3.8, 4) is 35.4 Å². The highest BCUT2D eigenvalue weighted by atomic mass is 19.1. The molecule has 2 aromatic carbocycles. The molecule has 3 N–H and O–H groups in total. The van der Waals surface area contributed by atoms with E-state index in [-0.39, 0.29) is 64.0 Å². The Bertz CT molecular complexity index is 1880. The molecule has 0 radical (unpaired) electrons. The molecule has 0 amide bonds. The molecule has 5 heterocycles. The maximum Gasteiger partial charge on any atom is 0.319 e. The van der Waals surface area contributed by atoms with Gasteiger partial charge in [0.05, 0.1) is 16.5 Å². The van der Waals surface area contributed by atoms with E-state index in [4.69, 9.17) is 21.9 Å². The van der Waals surface area contributed by atoms with Crippen LogP contribution in [0.15, 0.2) is 30.5 Å². The predicted molar refractivity (Wildman–Crippen MR) is 165 cm³/mol. The standard InChI is InChI=1S/C34H33F3N6O2/c1-2-23-26(36)7-6-18-10-22(44)11-24(27(18)23)30-28(37)31-25(13-39-30)32(42-14-19-4-5-20(15-42)29(19)38)41-33(40-31)45-17-34-8-3-9-43(34)16-21(35)12-34/h1,6-7,10-11,13,19-21,29,44H,3-5,8-9,12,14-17,38H2/t19-,20+,21-,29?,34+/m1/s1. The molecule has 11 heteroatoms. The number of rotatable bonds is 5. The number of aromatic hydroxyl groups is 1. The number of pyridine rings is 1. The van der Waals surface area contributed by atoms with Crippen LogP contribution in [-0.2, 0) is 0 Å². The van der Waals surface area contributed by atoms with E-state index in [0.717, 1.165) is 32.2 Å². The second-order valence-corrected chi connectivity index (χ2v) is 13.1. The Morgan fingerprint density at radius 1 is 1.13 bits per heavy atom. The Balaban J connectivity index is 1.28. The number of phenols is 1. The summed E-state index contributed by atoms with van der Waals surface area (Å²) in [5.74, 6) is 1.88. The van der Waals surface area contributed by atoms with Crippen molar-refractivity contribution in [2.75, 3.05) is 37.7 Å². The van der Waals surface area contributed by atoms with Gasteiger partial charge >= 0.3 is 6.01 Å². The van der Waals surface area contributed by atoms with Gasteiger partial charge in [0, 0.05) is 49.2 Å². The monoisotopic (exact) mass is 614 g/mol. The van der Waals surface area contributed by atoms with Gasteiger partial charge in [-0.2, -0.15) is 9.97 Å². The number of anilines is 1. The predicted octanol–water partition coefficient (Wildman–Crippen LogP) is 4.94. The van der Waals surface area contributed by atoms with E-state index in [9.17, 15) is 13.9 Å². The Morgan fingerprint density at radius 3 is 2.71 bits per heavy atom. The van der Waals surface area contributed by atoms with Crippen molar-refractivity contribution >= 4 is 27.5 Å². The van der Waals surface area contributed by atoms with Crippen LogP contribution >= 0.6 is 0 Å². The number of alkyl halides is 1. The number of terminal acetylenes is 1. The Morgan fingerprint density at radius 2 is 1.93 bits per heavy atom. The van der Waals surface area contributed by atoms with Crippen LogP contribution < -0.4 is 15.4 Å². The summed E-state index contributed by atoms with van der Waals surface area (Å²) in [7, 11) is 0. The summed E-state index contributed by atoms with van der Waals surface area (Å²) in [6.45, 7) is 2.71. The van der Waals surface area contributed by atoms with Gasteiger partial charge < -0.3 is 20.5 Å². The van der Waals surface area contributed by atoms with Gasteiger partial charge in [-0.15, -0.1) is 6.42 Å². The molecule has 1 unspecified atom stereocenters. The van der Waals surface area contributed by atoms with E-state index in [1.54, 1.807) is 0 Å². The fraction of sp³-hybridized carbons (Fsp3) is 0.441. The van der Waals surface area contributed by atoms with Crippen molar-refractivity contribution in [2.45, 2.75) is 49.9 Å². The zero-order valence-corrected chi connectivity index (χ0v) is 24.6. The molecule has 45 heavy (non-hydrogen) atoms. The van der Waals surface area contributed by atoms with E-state index in [1.807, 2.05) is 0 Å². The summed E-state index contributed by atoms with van der Waals surface area (Å²) in [5, 5.41) is 11.6. The van der Waals surface area contributed by atoms with Crippen molar-refractivity contribution in [1.82, 2.24) is 19.9 Å². The van der Waals surface area contributed by atoms with Gasteiger partial charge in [0.25, 0.3) is 0 Å². The van der Waals surface area contributed by atoms with Crippen LogP contribution in [0, 0.1) is 35.8 Å². The zero-order chi connectivity index (χ0) is 31.0. The smallest absolute Gasteiger partial charge is 0.319 e. The molecule has 1 aliphatic carbocycles. The van der Waals surface area contributed by atoms with Crippen molar-refractivity contribution in [1.29, 1.82) is 0 Å². The number of halogens is 3. The number of hydrogen-bond donors (Lipinski definition) is 2. The van der Waals surface area contributed by atoms with Crippen LogP contribution in [0.1, 0.15) is 37.7 Å². The molecule has 1 saturated carbocycles. The molecule has 4 aliphatic rings. The number of nitrogens with two attached hydrogens (primary N) is 1. The van der Waals surface area contributed by atoms with Crippen LogP contribution in [0.5, 0.6) is 11.8 Å². The molecule has 232 valence electrons. The first-order valence-corrected chi connectivity index (χ1v) is 15.6. The molecule has 2 bridgehead atoms. The number of hydrogen-bond acceptors (Lipinski definition) is 8. The maximum atomic E-state index is 16.8. The SMILES string of the molecule is C#Cc1c(F)ccc2cc(O)cc(-c3ncc4c(N5C[C@H]6CC[C@@H](C5)C6N)nc(OC[C@@]56CCCN5C[C@H](F)C6)nc4c3F)c12. The van der Waals surface area contributed by atoms with Crippen LogP contribution in [0.4, 0.5) is 19.0 Å². The number of nitrogens with zero attached hydrogens (tertiary/aromatic N) is 5. The van der Waals surface area contributed by atoms with Crippen LogP contribution in [0.25, 0.3) is 32.9 Å². The van der Waals surface area contributed by atoms with Crippen LogP contribution in [0.2, 0.25) is 0 Å². The zero-order valence-electron chi connectivity index (χ0n) is 24.6. The largest absolute Gasteiger partial charge is 0.508 e. The van der Waals surface area contributed by atoms with Crippen molar-refractivity contribution in [3.63, 3.8) is 0 Å². The summed E-state index contributed by atoms with van der Waals surface area (Å²) >= 11 is 0. The molecule has 4 fully saturated rings. The molecule has 3 saturated heterocycles. The van der Waals surface area contributed by atoms with Crippen LogP contribution in [-0.4, -0.2) is 75.5 Å². The van der Waals surface area contributed by atoms with Crippen molar-refractivity contribution < 1.29 is 23.0 Å². The Labute approximate surface area is 258 Å². The van der Waals surface area contributed by atoms with Gasteiger partial charge in [0.2, 0.25) is 0 Å². The number of phenolic OH excluding ortho intramolecular Hbond substituents is 1. The number of aromatic nitrogens is 3. The molecule has 0 spiro atoms. The first-order valence-electron chi connectivity index (χ1n) is 15.6. The van der Waals surface area contributed by atoms with Gasteiger partial charge in [-0.3, -0.25) is 9.88 Å². The lowest BCUT2D eigenvalue weighted by atomic mass is 9.93. The quantitative estimate of drug-likeness (QED) is 0.305. The third-order valence-electron chi connectivity index (χ3n) is 10.5. The molecule has 2 aromatic heterocycles. The number of benzene rings is 2. The first kappa shape index (κ1) is 28.3. The fourth-order valence-electron chi connectivity index (χ4n) is 8.35. The second kappa shape index (κ2) is 10.5. The van der Waals surface area contributed by atoms with E-state index >= 15 is 4.39 Å². The summed E-state index contributed by atoms with van der Waals surface area (Å²) in [6.07, 6.45) is 10.4. The first-order chi connectivity index (χ1) is 21.7. The summed E-state index contributed by atoms with van der Waals surface area (Å²) in [6, 6.07) is 5.56. The summed E-state index contributed by atoms with van der Waals surface area (Å²) in [4.78, 5) is 18.1. The maximum absolute atomic E-state index is 16.8. The molecule has 4 aromatic rings. The van der Waals surface area contributed by atoms with Gasteiger partial charge in [-0.1, -0.05) is 12.0 Å². The fourth-order valence-corrected chi connectivity index (χ4v) is 8.35. The van der Waals surface area contributed by atoms with Crippen LogP contribution in [0.3, 0.4) is 0 Å². The van der Waals surface area contributed by atoms with Crippen molar-refractivity contribution in [2.24, 2.45) is 17.6 Å². The minimum Gasteiger partial charge on any atom is -0.508 e. The highest BCUT2D eigenvalue weighted by Crippen LogP contribution is 2.43.